The number of sulfonamides is 1. The van der Waals surface area contributed by atoms with E-state index in [-0.39, 0.29) is 59.7 Å². The number of piperidine rings is 1. The number of aliphatic carboxylic acids is 1. The van der Waals surface area contributed by atoms with Crippen LogP contribution in [0, 0.1) is 5.92 Å². The van der Waals surface area contributed by atoms with Crippen molar-refractivity contribution < 1.29 is 45.8 Å². The van der Waals surface area contributed by atoms with Gasteiger partial charge in [-0.25, -0.2) is 13.2 Å². The van der Waals surface area contributed by atoms with E-state index < -0.39 is 39.4 Å². The molecule has 0 aliphatic carbocycles. The number of benzene rings is 2. The number of carbonyl (C=O) groups is 2. The molecule has 14 heteroatoms. The first kappa shape index (κ1) is 35.3. The highest BCUT2D eigenvalue weighted by molar-refractivity contribution is 7.93. The third-order valence-electron chi connectivity index (χ3n) is 6.92. The van der Waals surface area contributed by atoms with Gasteiger partial charge >= 0.3 is 18.2 Å². The predicted octanol–water partition coefficient (Wildman–Crippen LogP) is 7.23. The lowest BCUT2D eigenvalue weighted by Gasteiger charge is -2.33. The highest BCUT2D eigenvalue weighted by atomic mass is 35.5. The number of amides is 1. The molecule has 0 unspecified atom stereocenters. The van der Waals surface area contributed by atoms with E-state index in [9.17, 15) is 31.2 Å². The van der Waals surface area contributed by atoms with Gasteiger partial charge in [0.1, 0.15) is 16.2 Å². The number of unbranched alkanes of at least 4 members (excludes halogenated alkanes) is 2. The zero-order valence-electron chi connectivity index (χ0n) is 24.9. The molecule has 0 atom stereocenters. The topological polar surface area (TPSA) is 113 Å². The fourth-order valence-corrected chi connectivity index (χ4v) is 6.65. The van der Waals surface area contributed by atoms with Gasteiger partial charge in [-0.2, -0.15) is 13.2 Å². The largest absolute Gasteiger partial charge is 0.493 e. The van der Waals surface area contributed by atoms with Crippen molar-refractivity contribution in [3.63, 3.8) is 0 Å². The molecule has 1 N–H and O–H groups in total. The van der Waals surface area contributed by atoms with E-state index in [2.05, 4.69) is 0 Å². The Kier molecular flexibility index (Phi) is 11.8. The first-order chi connectivity index (χ1) is 20.5. The summed E-state index contributed by atoms with van der Waals surface area (Å²) in [6, 6.07) is 8.45. The third-order valence-corrected chi connectivity index (χ3v) is 9.24. The van der Waals surface area contributed by atoms with E-state index in [1.54, 1.807) is 25.7 Å². The number of alkyl halides is 3. The Labute approximate surface area is 260 Å². The number of hydrogen-bond acceptors (Lipinski definition) is 6. The van der Waals surface area contributed by atoms with Gasteiger partial charge in [-0.3, -0.25) is 9.10 Å². The van der Waals surface area contributed by atoms with Crippen molar-refractivity contribution in [2.45, 2.75) is 76.0 Å². The smallest absolute Gasteiger partial charge is 0.416 e. The number of carboxylic acid groups (broad SMARTS) is 1. The van der Waals surface area contributed by atoms with Gasteiger partial charge in [0.15, 0.2) is 0 Å². The van der Waals surface area contributed by atoms with Crippen molar-refractivity contribution in [3.05, 3.63) is 53.1 Å². The molecule has 244 valence electrons. The van der Waals surface area contributed by atoms with Gasteiger partial charge in [0.05, 0.1) is 22.9 Å². The summed E-state index contributed by atoms with van der Waals surface area (Å²) in [5, 5.41) is 8.81. The number of likely N-dealkylation sites (tertiary alicyclic amines) is 1. The zero-order valence-corrected chi connectivity index (χ0v) is 26.5. The van der Waals surface area contributed by atoms with E-state index in [1.165, 1.54) is 30.3 Å². The van der Waals surface area contributed by atoms with Crippen LogP contribution < -0.4 is 9.04 Å². The molecule has 1 saturated heterocycles. The molecule has 0 bridgehead atoms. The summed E-state index contributed by atoms with van der Waals surface area (Å²) < 4.78 is 81.6. The molecule has 0 aromatic heterocycles. The molecule has 1 heterocycles. The molecule has 1 fully saturated rings. The number of hydrogen-bond donors (Lipinski definition) is 1. The highest BCUT2D eigenvalue weighted by Crippen LogP contribution is 2.38. The van der Waals surface area contributed by atoms with Crippen LogP contribution in [0.25, 0.3) is 0 Å². The summed E-state index contributed by atoms with van der Waals surface area (Å²) >= 11 is 6.18. The lowest BCUT2D eigenvalue weighted by Crippen LogP contribution is -2.42. The minimum Gasteiger partial charge on any atom is -0.493 e. The van der Waals surface area contributed by atoms with Gasteiger partial charge in [0.25, 0.3) is 10.0 Å². The maximum atomic E-state index is 14.0. The van der Waals surface area contributed by atoms with Crippen LogP contribution in [-0.2, 0) is 25.7 Å². The molecule has 0 radical (unpaired) electrons. The molecular formula is C30H38ClF3N2O7S. The van der Waals surface area contributed by atoms with Gasteiger partial charge < -0.3 is 19.5 Å². The summed E-state index contributed by atoms with van der Waals surface area (Å²) in [5.74, 6) is -1.21. The van der Waals surface area contributed by atoms with Crippen LogP contribution in [0.4, 0.5) is 23.7 Å². The maximum absolute atomic E-state index is 14.0. The normalized spacial score (nSPS) is 14.8. The van der Waals surface area contributed by atoms with Crippen LogP contribution in [0.2, 0.25) is 5.02 Å². The molecule has 9 nitrogen and oxygen atoms in total. The van der Waals surface area contributed by atoms with Crippen molar-refractivity contribution >= 4 is 39.4 Å². The molecule has 2 aromatic rings. The van der Waals surface area contributed by atoms with E-state index in [0.717, 1.165) is 16.4 Å². The molecule has 1 aliphatic heterocycles. The maximum Gasteiger partial charge on any atom is 0.416 e. The number of carbonyl (C=O) groups excluding carboxylic acids is 1. The molecule has 1 amide bonds. The zero-order chi connectivity index (χ0) is 32.7. The Morgan fingerprint density at radius 3 is 2.30 bits per heavy atom. The first-order valence-corrected chi connectivity index (χ1v) is 16.1. The number of nitrogens with zero attached hydrogens (tertiary/aromatic N) is 2. The van der Waals surface area contributed by atoms with Crippen LogP contribution in [0.15, 0.2) is 47.4 Å². The van der Waals surface area contributed by atoms with Gasteiger partial charge in [-0.15, -0.1) is 0 Å². The monoisotopic (exact) mass is 662 g/mol. The number of ether oxygens (including phenoxy) is 2. The summed E-state index contributed by atoms with van der Waals surface area (Å²) in [6.07, 6.45) is -3.43. The van der Waals surface area contributed by atoms with Gasteiger partial charge in [0, 0.05) is 32.1 Å². The van der Waals surface area contributed by atoms with E-state index in [1.807, 2.05) is 0 Å². The number of halogens is 4. The second kappa shape index (κ2) is 14.7. The van der Waals surface area contributed by atoms with Crippen molar-refractivity contribution in [3.8, 4) is 5.75 Å². The minimum atomic E-state index is -4.80. The van der Waals surface area contributed by atoms with Crippen molar-refractivity contribution in [1.82, 2.24) is 4.90 Å². The van der Waals surface area contributed by atoms with Crippen molar-refractivity contribution in [2.75, 3.05) is 30.5 Å². The number of carboxylic acids is 1. The van der Waals surface area contributed by atoms with Crippen molar-refractivity contribution in [1.29, 1.82) is 0 Å². The fourth-order valence-electron chi connectivity index (χ4n) is 4.67. The predicted molar refractivity (Wildman–Crippen MR) is 160 cm³/mol. The SMILES string of the molecule is CC(C)(C)OC(=O)N1CCC(COc2cc(N(CCCCCC(=O)O)S(=O)(=O)c3ccccc3Cl)cc(C(F)(F)F)c2)CC1. The number of rotatable bonds is 12. The average molecular weight is 663 g/mol. The summed E-state index contributed by atoms with van der Waals surface area (Å²) in [5.41, 5.74) is -1.98. The van der Waals surface area contributed by atoms with Crippen LogP contribution in [0.1, 0.15) is 64.9 Å². The van der Waals surface area contributed by atoms with Crippen LogP contribution in [0.3, 0.4) is 0 Å². The molecule has 0 saturated carbocycles. The van der Waals surface area contributed by atoms with Gasteiger partial charge in [0.2, 0.25) is 0 Å². The summed E-state index contributed by atoms with van der Waals surface area (Å²) in [7, 11) is -4.42. The Balaban J connectivity index is 1.85. The Hall–Kier alpha value is -3.19. The second-order valence-corrected chi connectivity index (χ2v) is 13.9. The van der Waals surface area contributed by atoms with Crippen LogP contribution in [-0.4, -0.2) is 62.3 Å². The molecule has 3 rings (SSSR count). The fraction of sp³-hybridized carbons (Fsp3) is 0.533. The molecule has 2 aromatic carbocycles. The van der Waals surface area contributed by atoms with Crippen LogP contribution in [0.5, 0.6) is 5.75 Å². The average Bonchev–Trinajstić information content (AvgIpc) is 2.92. The van der Waals surface area contributed by atoms with Gasteiger partial charge in [-0.05, 0) is 76.6 Å². The highest BCUT2D eigenvalue weighted by Gasteiger charge is 2.35. The van der Waals surface area contributed by atoms with E-state index in [0.29, 0.717) is 32.4 Å². The van der Waals surface area contributed by atoms with Crippen molar-refractivity contribution in [2.24, 2.45) is 5.92 Å². The lowest BCUT2D eigenvalue weighted by molar-refractivity contribution is -0.138. The molecule has 0 spiro atoms. The second-order valence-electron chi connectivity index (χ2n) is 11.6. The Bertz CT molecular complexity index is 1410. The summed E-state index contributed by atoms with van der Waals surface area (Å²) in [6.45, 7) is 5.98. The van der Waals surface area contributed by atoms with Crippen LogP contribution >= 0.6 is 11.6 Å². The number of anilines is 1. The minimum absolute atomic E-state index is 0.0520. The Morgan fingerprint density at radius 1 is 1.05 bits per heavy atom. The lowest BCUT2D eigenvalue weighted by atomic mass is 9.98. The van der Waals surface area contributed by atoms with Gasteiger partial charge in [-0.1, -0.05) is 30.2 Å². The summed E-state index contributed by atoms with van der Waals surface area (Å²) in [4.78, 5) is 24.5. The Morgan fingerprint density at radius 2 is 1.70 bits per heavy atom. The van der Waals surface area contributed by atoms with E-state index >= 15 is 0 Å². The molecular weight excluding hydrogens is 625 g/mol. The molecule has 1 aliphatic rings. The first-order valence-electron chi connectivity index (χ1n) is 14.3. The van der Waals surface area contributed by atoms with E-state index in [4.69, 9.17) is 26.2 Å². The third kappa shape index (κ3) is 10.2. The quantitative estimate of drug-likeness (QED) is 0.239. The molecule has 44 heavy (non-hydrogen) atoms. The standard InChI is InChI=1S/C30H38ClF3N2O7S/c1-29(2,3)43-28(39)35-15-12-21(13-16-35)20-42-24-18-22(30(32,33)34)17-23(19-24)36(14-8-4-5-11-27(37)38)44(40,41)26-10-7-6-9-25(26)31/h6-7,9-10,17-19,21H,4-5,8,11-16,20H2,1-3H3,(H,37,38).